The number of hydrogen-bond acceptors (Lipinski definition) is 4. The summed E-state index contributed by atoms with van der Waals surface area (Å²) in [6, 6.07) is 9.37. The van der Waals surface area contributed by atoms with Crippen molar-refractivity contribution < 1.29 is 18.7 Å². The van der Waals surface area contributed by atoms with Crippen molar-refractivity contribution in [1.82, 2.24) is 0 Å². The highest BCUT2D eigenvalue weighted by atomic mass is 16.5. The Hall–Kier alpha value is -2.76. The zero-order valence-corrected chi connectivity index (χ0v) is 10.9. The molecule has 6 nitrogen and oxygen atoms in total. The molecule has 0 aliphatic carbocycles. The molecule has 2 aromatic rings. The molecule has 6 heteroatoms. The van der Waals surface area contributed by atoms with E-state index in [1.165, 1.54) is 6.26 Å². The van der Waals surface area contributed by atoms with Crippen molar-refractivity contribution in [3.63, 3.8) is 0 Å². The minimum atomic E-state index is -0.503. The van der Waals surface area contributed by atoms with Gasteiger partial charge in [-0.15, -0.1) is 0 Å². The van der Waals surface area contributed by atoms with Crippen LogP contribution >= 0.6 is 0 Å². The number of esters is 1. The van der Waals surface area contributed by atoms with Crippen molar-refractivity contribution in [2.75, 3.05) is 17.2 Å². The van der Waals surface area contributed by atoms with Gasteiger partial charge in [0.2, 0.25) is 5.88 Å². The SMILES string of the molecule is CCOC(=O)c1ccccc1NC(=O)Nc1ccco1. The van der Waals surface area contributed by atoms with Crippen molar-refractivity contribution >= 4 is 23.6 Å². The molecule has 0 bridgehead atoms. The summed E-state index contributed by atoms with van der Waals surface area (Å²) in [5, 5.41) is 5.08. The lowest BCUT2D eigenvalue weighted by molar-refractivity contribution is 0.0527. The van der Waals surface area contributed by atoms with E-state index in [0.29, 0.717) is 17.1 Å². The first-order chi connectivity index (χ1) is 9.70. The maximum Gasteiger partial charge on any atom is 0.340 e. The predicted octanol–water partition coefficient (Wildman–Crippen LogP) is 3.10. The molecule has 2 amide bonds. The number of carbonyl (C=O) groups is 2. The van der Waals surface area contributed by atoms with E-state index < -0.39 is 12.0 Å². The van der Waals surface area contributed by atoms with Gasteiger partial charge >= 0.3 is 12.0 Å². The van der Waals surface area contributed by atoms with Crippen molar-refractivity contribution in [3.05, 3.63) is 48.2 Å². The first kappa shape index (κ1) is 13.7. The van der Waals surface area contributed by atoms with Gasteiger partial charge in [0, 0.05) is 6.07 Å². The van der Waals surface area contributed by atoms with Gasteiger partial charge in [-0.25, -0.2) is 9.59 Å². The number of furan rings is 1. The molecule has 20 heavy (non-hydrogen) atoms. The molecule has 0 atom stereocenters. The van der Waals surface area contributed by atoms with Gasteiger partial charge in [0.1, 0.15) is 0 Å². The van der Waals surface area contributed by atoms with Crippen LogP contribution in [0, 0.1) is 0 Å². The highest BCUT2D eigenvalue weighted by molar-refractivity contribution is 6.04. The maximum absolute atomic E-state index is 11.8. The van der Waals surface area contributed by atoms with Crippen molar-refractivity contribution in [2.45, 2.75) is 6.92 Å². The number of anilines is 2. The molecule has 0 aliphatic heterocycles. The van der Waals surface area contributed by atoms with Crippen LogP contribution < -0.4 is 10.6 Å². The fourth-order valence-electron chi connectivity index (χ4n) is 1.59. The van der Waals surface area contributed by atoms with Gasteiger partial charge in [-0.1, -0.05) is 12.1 Å². The fraction of sp³-hybridized carbons (Fsp3) is 0.143. The Morgan fingerprint density at radius 1 is 1.15 bits per heavy atom. The lowest BCUT2D eigenvalue weighted by atomic mass is 10.2. The van der Waals surface area contributed by atoms with Crippen LogP contribution in [0.4, 0.5) is 16.4 Å². The van der Waals surface area contributed by atoms with Crippen molar-refractivity contribution in [2.24, 2.45) is 0 Å². The summed E-state index contributed by atoms with van der Waals surface area (Å²) in [5.74, 6) is -0.169. The third-order valence-corrected chi connectivity index (χ3v) is 2.43. The average Bonchev–Trinajstić information content (AvgIpc) is 2.92. The Balaban J connectivity index is 2.09. The number of urea groups is 1. The van der Waals surface area contributed by atoms with Crippen LogP contribution in [0.25, 0.3) is 0 Å². The summed E-state index contributed by atoms with van der Waals surface area (Å²) >= 11 is 0. The van der Waals surface area contributed by atoms with Crippen LogP contribution in [0.2, 0.25) is 0 Å². The van der Waals surface area contributed by atoms with Crippen LogP contribution in [0.15, 0.2) is 47.1 Å². The molecule has 2 rings (SSSR count). The Labute approximate surface area is 115 Å². The van der Waals surface area contributed by atoms with Crippen LogP contribution in [0.3, 0.4) is 0 Å². The highest BCUT2D eigenvalue weighted by Gasteiger charge is 2.14. The predicted molar refractivity (Wildman–Crippen MR) is 73.7 cm³/mol. The highest BCUT2D eigenvalue weighted by Crippen LogP contribution is 2.17. The second-order valence-corrected chi connectivity index (χ2v) is 3.82. The zero-order valence-electron chi connectivity index (χ0n) is 10.9. The minimum absolute atomic E-state index is 0.270. The fourth-order valence-corrected chi connectivity index (χ4v) is 1.59. The molecule has 0 radical (unpaired) electrons. The van der Waals surface area contributed by atoms with Crippen LogP contribution in [0.1, 0.15) is 17.3 Å². The number of para-hydroxylation sites is 1. The number of amides is 2. The summed E-state index contributed by atoms with van der Waals surface area (Å²) < 4.78 is 9.92. The van der Waals surface area contributed by atoms with Gasteiger partial charge in [-0.05, 0) is 25.1 Å². The molecule has 0 unspecified atom stereocenters. The van der Waals surface area contributed by atoms with E-state index in [4.69, 9.17) is 9.15 Å². The van der Waals surface area contributed by atoms with Gasteiger partial charge < -0.3 is 14.5 Å². The number of benzene rings is 1. The van der Waals surface area contributed by atoms with E-state index in [9.17, 15) is 9.59 Å². The third-order valence-electron chi connectivity index (χ3n) is 2.43. The lowest BCUT2D eigenvalue weighted by Gasteiger charge is -2.10. The second kappa shape index (κ2) is 6.42. The van der Waals surface area contributed by atoms with E-state index in [-0.39, 0.29) is 6.61 Å². The average molecular weight is 274 g/mol. The number of ether oxygens (including phenoxy) is 1. The molecule has 0 saturated heterocycles. The molecular formula is C14H14N2O4. The monoisotopic (exact) mass is 274 g/mol. The van der Waals surface area contributed by atoms with E-state index in [0.717, 1.165) is 0 Å². The summed E-state index contributed by atoms with van der Waals surface area (Å²) in [7, 11) is 0. The minimum Gasteiger partial charge on any atom is -0.462 e. The molecule has 0 saturated carbocycles. The first-order valence-corrected chi connectivity index (χ1v) is 6.08. The molecule has 104 valence electrons. The van der Waals surface area contributed by atoms with Gasteiger partial charge in [0.05, 0.1) is 24.1 Å². The molecule has 2 N–H and O–H groups in total. The first-order valence-electron chi connectivity index (χ1n) is 6.08. The molecule has 1 aromatic heterocycles. The van der Waals surface area contributed by atoms with E-state index >= 15 is 0 Å². The molecule has 0 fully saturated rings. The molecule has 0 spiro atoms. The standard InChI is InChI=1S/C14H14N2O4/c1-2-19-13(17)10-6-3-4-7-11(10)15-14(18)16-12-8-5-9-20-12/h3-9H,2H2,1H3,(H2,15,16,18). The van der Waals surface area contributed by atoms with Crippen molar-refractivity contribution in [1.29, 1.82) is 0 Å². The van der Waals surface area contributed by atoms with Crippen LogP contribution in [-0.4, -0.2) is 18.6 Å². The Kier molecular flexibility index (Phi) is 4.39. The second-order valence-electron chi connectivity index (χ2n) is 3.82. The lowest BCUT2D eigenvalue weighted by Crippen LogP contribution is -2.21. The van der Waals surface area contributed by atoms with Crippen molar-refractivity contribution in [3.8, 4) is 0 Å². The Morgan fingerprint density at radius 2 is 1.95 bits per heavy atom. The third kappa shape index (κ3) is 3.38. The molecule has 1 aromatic carbocycles. The normalized spacial score (nSPS) is 9.85. The number of hydrogen-bond donors (Lipinski definition) is 2. The summed E-state index contributed by atoms with van der Waals surface area (Å²) in [6.45, 7) is 1.99. The van der Waals surface area contributed by atoms with E-state index in [1.807, 2.05) is 0 Å². The van der Waals surface area contributed by atoms with E-state index in [2.05, 4.69) is 10.6 Å². The van der Waals surface area contributed by atoms with Gasteiger partial charge in [-0.2, -0.15) is 0 Å². The maximum atomic E-state index is 11.8. The topological polar surface area (TPSA) is 80.6 Å². The van der Waals surface area contributed by atoms with E-state index in [1.54, 1.807) is 43.3 Å². The van der Waals surface area contributed by atoms with Crippen LogP contribution in [0.5, 0.6) is 0 Å². The number of rotatable bonds is 4. The Bertz CT molecular complexity index is 593. The quantitative estimate of drug-likeness (QED) is 0.839. The van der Waals surface area contributed by atoms with Gasteiger partial charge in [0.15, 0.2) is 0 Å². The number of nitrogens with one attached hydrogen (secondary N) is 2. The van der Waals surface area contributed by atoms with Gasteiger partial charge in [0.25, 0.3) is 0 Å². The van der Waals surface area contributed by atoms with Crippen LogP contribution in [-0.2, 0) is 4.74 Å². The summed E-state index contributed by atoms with van der Waals surface area (Å²) in [5.41, 5.74) is 0.666. The smallest absolute Gasteiger partial charge is 0.340 e. The number of carbonyl (C=O) groups excluding carboxylic acids is 2. The Morgan fingerprint density at radius 3 is 2.65 bits per heavy atom. The molecular weight excluding hydrogens is 260 g/mol. The zero-order chi connectivity index (χ0) is 14.4. The molecule has 1 heterocycles. The summed E-state index contributed by atoms with van der Waals surface area (Å²) in [6.07, 6.45) is 1.45. The van der Waals surface area contributed by atoms with Gasteiger partial charge in [-0.3, -0.25) is 5.32 Å². The summed E-state index contributed by atoms with van der Waals surface area (Å²) in [4.78, 5) is 23.5. The largest absolute Gasteiger partial charge is 0.462 e. The molecule has 0 aliphatic rings.